The number of esters is 1. The van der Waals surface area contributed by atoms with Crippen LogP contribution in [0.25, 0.3) is 6.08 Å². The second-order valence-corrected chi connectivity index (χ2v) is 9.26. The molecule has 5 N–H and O–H groups in total. The maximum Gasteiger partial charge on any atom is 0.331 e. The van der Waals surface area contributed by atoms with Crippen molar-refractivity contribution < 1.29 is 54.1 Å². The lowest BCUT2D eigenvalue weighted by Crippen LogP contribution is -2.61. The molecule has 2 fully saturated rings. The first kappa shape index (κ1) is 26.4. The molecule has 2 heterocycles. The molecule has 1 saturated carbocycles. The van der Waals surface area contributed by atoms with Crippen molar-refractivity contribution in [3.8, 4) is 0 Å². The Labute approximate surface area is 207 Å². The van der Waals surface area contributed by atoms with Crippen LogP contribution in [-0.4, -0.2) is 93.1 Å². The summed E-state index contributed by atoms with van der Waals surface area (Å²) in [5.74, 6) is -2.13. The molecule has 0 amide bonds. The van der Waals surface area contributed by atoms with Crippen molar-refractivity contribution in [2.45, 2.75) is 62.0 Å². The molecule has 1 aromatic carbocycles. The van der Waals surface area contributed by atoms with E-state index in [1.54, 1.807) is 13.0 Å². The number of ether oxygens (including phenoxy) is 4. The molecule has 4 rings (SSSR count). The fraction of sp³-hybridized carbons (Fsp3) is 0.520. The highest BCUT2D eigenvalue weighted by Crippen LogP contribution is 2.50. The molecule has 0 aromatic heterocycles. The second-order valence-electron chi connectivity index (χ2n) is 9.26. The van der Waals surface area contributed by atoms with Gasteiger partial charge in [-0.3, -0.25) is 4.79 Å². The summed E-state index contributed by atoms with van der Waals surface area (Å²) in [5, 5.41) is 51.3. The van der Waals surface area contributed by atoms with Gasteiger partial charge in [-0.2, -0.15) is 0 Å². The molecule has 36 heavy (non-hydrogen) atoms. The lowest BCUT2D eigenvalue weighted by atomic mass is 9.79. The Balaban J connectivity index is 1.51. The molecule has 10 atom stereocenters. The zero-order chi connectivity index (χ0) is 26.0. The van der Waals surface area contributed by atoms with Crippen LogP contribution in [0.2, 0.25) is 0 Å². The maximum atomic E-state index is 12.5. The number of fused-ring (bicyclic) bond motifs is 1. The smallest absolute Gasteiger partial charge is 0.331 e. The van der Waals surface area contributed by atoms with E-state index in [1.165, 1.54) is 6.08 Å². The predicted molar refractivity (Wildman–Crippen MR) is 121 cm³/mol. The molecule has 1 aromatic rings. The number of benzene rings is 1. The van der Waals surface area contributed by atoms with Crippen LogP contribution in [0.1, 0.15) is 18.9 Å². The molecule has 0 bridgehead atoms. The minimum atomic E-state index is -1.77. The summed E-state index contributed by atoms with van der Waals surface area (Å²) in [6.45, 7) is 1.05. The monoisotopic (exact) mass is 506 g/mol. The van der Waals surface area contributed by atoms with E-state index in [4.69, 9.17) is 18.9 Å². The molecule has 0 unspecified atom stereocenters. The van der Waals surface area contributed by atoms with Gasteiger partial charge in [-0.1, -0.05) is 37.3 Å². The first-order valence-electron chi connectivity index (χ1n) is 11.6. The van der Waals surface area contributed by atoms with Crippen LogP contribution >= 0.6 is 0 Å². The van der Waals surface area contributed by atoms with Crippen LogP contribution in [0.4, 0.5) is 0 Å². The molecular weight excluding hydrogens is 476 g/mol. The van der Waals surface area contributed by atoms with Crippen molar-refractivity contribution in [1.82, 2.24) is 0 Å². The summed E-state index contributed by atoms with van der Waals surface area (Å²) in [6, 6.07) is 9.14. The van der Waals surface area contributed by atoms with Gasteiger partial charge >= 0.3 is 5.97 Å². The van der Waals surface area contributed by atoms with Crippen molar-refractivity contribution in [3.63, 3.8) is 0 Å². The molecule has 1 saturated heterocycles. The van der Waals surface area contributed by atoms with E-state index in [0.29, 0.717) is 6.29 Å². The highest BCUT2D eigenvalue weighted by atomic mass is 16.8. The van der Waals surface area contributed by atoms with Gasteiger partial charge in [-0.15, -0.1) is 0 Å². The SMILES string of the molecule is C[C@H]1[C@@H]2[C@H](O[C@@H]3O[C@H](CO)[C@@H](O)[C@H](O)[C@H]3O)OC=C(C=O)[C@]2(O)C[C@H]1OC(=O)/C=C/c1ccccc1. The van der Waals surface area contributed by atoms with Crippen LogP contribution in [-0.2, 0) is 28.5 Å². The summed E-state index contributed by atoms with van der Waals surface area (Å²) in [5.41, 5.74) is -1.04. The average molecular weight is 507 g/mol. The van der Waals surface area contributed by atoms with E-state index in [2.05, 4.69) is 0 Å². The summed E-state index contributed by atoms with van der Waals surface area (Å²) in [4.78, 5) is 24.2. The van der Waals surface area contributed by atoms with Gasteiger partial charge in [0, 0.05) is 18.4 Å². The van der Waals surface area contributed by atoms with Crippen LogP contribution in [0.15, 0.2) is 48.2 Å². The first-order valence-corrected chi connectivity index (χ1v) is 11.6. The van der Waals surface area contributed by atoms with Crippen LogP contribution in [0.5, 0.6) is 0 Å². The number of carbonyl (C=O) groups excluding carboxylic acids is 2. The summed E-state index contributed by atoms with van der Waals surface area (Å²) >= 11 is 0. The number of rotatable bonds is 7. The largest absolute Gasteiger partial charge is 0.471 e. The van der Waals surface area contributed by atoms with Gasteiger partial charge in [0.05, 0.1) is 24.4 Å². The molecule has 0 spiro atoms. The topological polar surface area (TPSA) is 172 Å². The molecule has 196 valence electrons. The zero-order valence-electron chi connectivity index (χ0n) is 19.5. The third-order valence-corrected chi connectivity index (χ3v) is 7.06. The van der Waals surface area contributed by atoms with Crippen LogP contribution < -0.4 is 0 Å². The van der Waals surface area contributed by atoms with Gasteiger partial charge in [0.1, 0.15) is 36.1 Å². The van der Waals surface area contributed by atoms with Gasteiger partial charge < -0.3 is 44.5 Å². The molecule has 11 nitrogen and oxygen atoms in total. The van der Waals surface area contributed by atoms with Gasteiger partial charge in [0.15, 0.2) is 12.6 Å². The predicted octanol–water partition coefficient (Wildman–Crippen LogP) is -0.746. The van der Waals surface area contributed by atoms with Crippen LogP contribution in [0.3, 0.4) is 0 Å². The number of hydrogen-bond donors (Lipinski definition) is 5. The Morgan fingerprint density at radius 3 is 2.53 bits per heavy atom. The molecular formula is C25H30O11. The fourth-order valence-corrected chi connectivity index (χ4v) is 5.03. The van der Waals surface area contributed by atoms with Gasteiger partial charge in [0.25, 0.3) is 0 Å². The van der Waals surface area contributed by atoms with Crippen LogP contribution in [0, 0.1) is 11.8 Å². The Hall–Kier alpha value is -2.64. The Bertz CT molecular complexity index is 993. The molecule has 1 aliphatic carbocycles. The van der Waals surface area contributed by atoms with E-state index < -0.39 is 73.1 Å². The van der Waals surface area contributed by atoms with Gasteiger partial charge in [0.2, 0.25) is 6.29 Å². The molecule has 2 aliphatic heterocycles. The quantitative estimate of drug-likeness (QED) is 0.179. The lowest BCUT2D eigenvalue weighted by molar-refractivity contribution is -0.346. The van der Waals surface area contributed by atoms with Crippen molar-refractivity contribution >= 4 is 18.3 Å². The second kappa shape index (κ2) is 10.8. The summed E-state index contributed by atoms with van der Waals surface area (Å²) in [7, 11) is 0. The number of aliphatic hydroxyl groups excluding tert-OH is 4. The summed E-state index contributed by atoms with van der Waals surface area (Å²) < 4.78 is 22.3. The van der Waals surface area contributed by atoms with Crippen molar-refractivity contribution in [1.29, 1.82) is 0 Å². The zero-order valence-corrected chi connectivity index (χ0v) is 19.5. The average Bonchev–Trinajstić information content (AvgIpc) is 3.13. The van der Waals surface area contributed by atoms with Gasteiger partial charge in [-0.25, -0.2) is 4.79 Å². The van der Waals surface area contributed by atoms with E-state index in [-0.39, 0.29) is 12.0 Å². The van der Waals surface area contributed by atoms with E-state index in [1.807, 2.05) is 30.3 Å². The van der Waals surface area contributed by atoms with Gasteiger partial charge in [-0.05, 0) is 11.6 Å². The number of hydrogen-bond acceptors (Lipinski definition) is 11. The molecule has 0 radical (unpaired) electrons. The minimum absolute atomic E-state index is 0.0635. The van der Waals surface area contributed by atoms with E-state index >= 15 is 0 Å². The van der Waals surface area contributed by atoms with Crippen molar-refractivity contribution in [2.24, 2.45) is 11.8 Å². The number of carbonyl (C=O) groups is 2. The lowest BCUT2D eigenvalue weighted by Gasteiger charge is -2.44. The third kappa shape index (κ3) is 4.96. The highest BCUT2D eigenvalue weighted by Gasteiger charge is 2.61. The van der Waals surface area contributed by atoms with Crippen molar-refractivity contribution in [3.05, 3.63) is 53.8 Å². The molecule has 3 aliphatic rings. The Morgan fingerprint density at radius 2 is 1.86 bits per heavy atom. The first-order chi connectivity index (χ1) is 17.2. The summed E-state index contributed by atoms with van der Waals surface area (Å²) in [6.07, 6.45) is -5.52. The minimum Gasteiger partial charge on any atom is -0.471 e. The van der Waals surface area contributed by atoms with E-state index in [9.17, 15) is 35.1 Å². The standard InChI is InChI=1S/C25H30O11/c1-13-16(34-18(28)8-7-14-5-3-2-4-6-14)9-25(32)15(10-26)12-33-23(19(13)25)36-24-22(31)21(30)20(29)17(11-27)35-24/h2-8,10,12-13,16-17,19-24,27,29-32H,9,11H2,1H3/b8-7+/t13-,16-,17-,19-,20-,21+,22-,23+,24+,25-/m1/s1. The number of aldehydes is 1. The third-order valence-electron chi connectivity index (χ3n) is 7.06. The Kier molecular flexibility index (Phi) is 7.90. The highest BCUT2D eigenvalue weighted by molar-refractivity contribution is 5.87. The van der Waals surface area contributed by atoms with E-state index in [0.717, 1.165) is 11.8 Å². The fourth-order valence-electron chi connectivity index (χ4n) is 5.03. The molecule has 11 heteroatoms. The maximum absolute atomic E-state index is 12.5. The normalized spacial score (nSPS) is 40.3. The van der Waals surface area contributed by atoms with Crippen molar-refractivity contribution in [2.75, 3.05) is 6.61 Å². The Morgan fingerprint density at radius 1 is 1.14 bits per heavy atom. The number of aliphatic hydroxyl groups is 5.